The Morgan fingerprint density at radius 2 is 1.39 bits per heavy atom. The standard InChI is InChI=1S/C34H25NS/c1-3-9-26-22(2)14-21-30-32(26)29-20-19-28-27-12-7-8-13-31(27)36-34(28)33(29)35(30)25-17-15-24(16-18-25)23-10-5-4-6-11-23/h3-21H,1-2H3/b9-3-. The summed E-state index contributed by atoms with van der Waals surface area (Å²) in [4.78, 5) is 0. The number of aromatic nitrogens is 1. The molecule has 0 saturated carbocycles. The van der Waals surface area contributed by atoms with Gasteiger partial charge in [0, 0.05) is 31.9 Å². The molecule has 0 saturated heterocycles. The second-order valence-corrected chi connectivity index (χ2v) is 10.4. The highest BCUT2D eigenvalue weighted by atomic mass is 32.1. The maximum absolute atomic E-state index is 2.48. The monoisotopic (exact) mass is 479 g/mol. The molecule has 7 aromatic rings. The molecule has 2 aromatic heterocycles. The van der Waals surface area contributed by atoms with Crippen LogP contribution in [0, 0.1) is 6.92 Å². The van der Waals surface area contributed by atoms with Crippen LogP contribution in [0.2, 0.25) is 0 Å². The fourth-order valence-electron chi connectivity index (χ4n) is 5.58. The van der Waals surface area contributed by atoms with Crippen LogP contribution in [0.4, 0.5) is 0 Å². The summed E-state index contributed by atoms with van der Waals surface area (Å²) < 4.78 is 5.16. The number of rotatable bonds is 3. The topological polar surface area (TPSA) is 4.93 Å². The van der Waals surface area contributed by atoms with E-state index in [2.05, 4.69) is 134 Å². The normalized spacial score (nSPS) is 12.1. The SMILES string of the molecule is C/C=C\c1c(C)ccc2c1c1ccc3c4ccccc4sc3c1n2-c1ccc(-c2ccccc2)cc1. The van der Waals surface area contributed by atoms with Crippen LogP contribution in [0.15, 0.2) is 109 Å². The molecule has 5 aromatic carbocycles. The van der Waals surface area contributed by atoms with Crippen molar-refractivity contribution in [2.24, 2.45) is 0 Å². The fourth-order valence-corrected chi connectivity index (χ4v) is 6.82. The molecule has 0 bridgehead atoms. The molecule has 0 amide bonds. The van der Waals surface area contributed by atoms with Crippen LogP contribution in [-0.4, -0.2) is 4.57 Å². The van der Waals surface area contributed by atoms with Crippen molar-refractivity contribution in [2.75, 3.05) is 0 Å². The maximum atomic E-state index is 2.48. The number of hydrogen-bond donors (Lipinski definition) is 0. The second kappa shape index (κ2) is 8.22. The number of benzene rings is 5. The predicted molar refractivity (Wildman–Crippen MR) is 159 cm³/mol. The van der Waals surface area contributed by atoms with Crippen molar-refractivity contribution in [2.45, 2.75) is 13.8 Å². The van der Waals surface area contributed by atoms with Gasteiger partial charge < -0.3 is 4.57 Å². The third kappa shape index (κ3) is 3.08. The Morgan fingerprint density at radius 3 is 2.19 bits per heavy atom. The molecule has 0 spiro atoms. The van der Waals surface area contributed by atoms with Gasteiger partial charge in [-0.3, -0.25) is 0 Å². The summed E-state index contributed by atoms with van der Waals surface area (Å²) in [5.41, 5.74) is 8.82. The summed E-state index contributed by atoms with van der Waals surface area (Å²) in [6.45, 7) is 4.31. The Hall–Kier alpha value is -4.14. The van der Waals surface area contributed by atoms with E-state index in [4.69, 9.17) is 0 Å². The molecular weight excluding hydrogens is 454 g/mol. The Balaban J connectivity index is 1.61. The summed E-state index contributed by atoms with van der Waals surface area (Å²) in [6, 6.07) is 37.6. The van der Waals surface area contributed by atoms with Crippen LogP contribution in [-0.2, 0) is 0 Å². The van der Waals surface area contributed by atoms with E-state index >= 15 is 0 Å². The van der Waals surface area contributed by atoms with Crippen molar-refractivity contribution in [3.8, 4) is 16.8 Å². The van der Waals surface area contributed by atoms with Gasteiger partial charge in [0.05, 0.1) is 15.7 Å². The molecule has 0 aliphatic carbocycles. The average molecular weight is 480 g/mol. The van der Waals surface area contributed by atoms with Gasteiger partial charge in [-0.1, -0.05) is 91.0 Å². The van der Waals surface area contributed by atoms with Gasteiger partial charge >= 0.3 is 0 Å². The van der Waals surface area contributed by atoms with Crippen molar-refractivity contribution in [3.63, 3.8) is 0 Å². The Kier molecular flexibility index (Phi) is 4.83. The molecule has 2 heterocycles. The number of fused-ring (bicyclic) bond motifs is 7. The van der Waals surface area contributed by atoms with Crippen molar-refractivity contribution in [1.82, 2.24) is 4.57 Å². The minimum atomic E-state index is 1.19. The maximum Gasteiger partial charge on any atom is 0.0719 e. The van der Waals surface area contributed by atoms with Crippen LogP contribution >= 0.6 is 11.3 Å². The molecule has 0 atom stereocenters. The fraction of sp³-hybridized carbons (Fsp3) is 0.0588. The van der Waals surface area contributed by atoms with Crippen LogP contribution in [0.5, 0.6) is 0 Å². The first-order chi connectivity index (χ1) is 17.7. The largest absolute Gasteiger partial charge is 0.308 e. The van der Waals surface area contributed by atoms with Crippen molar-refractivity contribution in [3.05, 3.63) is 120 Å². The highest BCUT2D eigenvalue weighted by Crippen LogP contribution is 2.44. The lowest BCUT2D eigenvalue weighted by Gasteiger charge is -2.11. The lowest BCUT2D eigenvalue weighted by molar-refractivity contribution is 1.19. The van der Waals surface area contributed by atoms with Crippen molar-refractivity contribution >= 4 is 59.4 Å². The summed E-state index contributed by atoms with van der Waals surface area (Å²) in [5.74, 6) is 0. The van der Waals surface area contributed by atoms with Gasteiger partial charge in [-0.15, -0.1) is 11.3 Å². The molecule has 172 valence electrons. The molecular formula is C34H25NS. The lowest BCUT2D eigenvalue weighted by atomic mass is 10.0. The molecule has 0 aliphatic rings. The van der Waals surface area contributed by atoms with E-state index < -0.39 is 0 Å². The molecule has 1 nitrogen and oxygen atoms in total. The first-order valence-electron chi connectivity index (χ1n) is 12.4. The molecule has 7 rings (SSSR count). The van der Waals surface area contributed by atoms with E-state index in [1.165, 1.54) is 69.9 Å². The number of aryl methyl sites for hydroxylation is 1. The number of hydrogen-bond acceptors (Lipinski definition) is 1. The quantitative estimate of drug-likeness (QED) is 0.237. The second-order valence-electron chi connectivity index (χ2n) is 9.38. The molecule has 0 N–H and O–H groups in total. The van der Waals surface area contributed by atoms with E-state index in [9.17, 15) is 0 Å². The number of allylic oxidation sites excluding steroid dienone is 1. The zero-order valence-electron chi connectivity index (χ0n) is 20.3. The van der Waals surface area contributed by atoms with Gasteiger partial charge in [-0.2, -0.15) is 0 Å². The highest BCUT2D eigenvalue weighted by molar-refractivity contribution is 7.26. The van der Waals surface area contributed by atoms with E-state index in [0.717, 1.165) is 0 Å². The van der Waals surface area contributed by atoms with Gasteiger partial charge in [0.2, 0.25) is 0 Å². The molecule has 2 heteroatoms. The summed E-state index contributed by atoms with van der Waals surface area (Å²) >= 11 is 1.90. The minimum absolute atomic E-state index is 1.19. The van der Waals surface area contributed by atoms with Crippen LogP contribution < -0.4 is 0 Å². The van der Waals surface area contributed by atoms with Crippen molar-refractivity contribution in [1.29, 1.82) is 0 Å². The summed E-state index contributed by atoms with van der Waals surface area (Å²) in [6.07, 6.45) is 4.41. The zero-order chi connectivity index (χ0) is 24.2. The van der Waals surface area contributed by atoms with Crippen LogP contribution in [0.3, 0.4) is 0 Å². The van der Waals surface area contributed by atoms with E-state index in [0.29, 0.717) is 0 Å². The third-order valence-electron chi connectivity index (χ3n) is 7.26. The van der Waals surface area contributed by atoms with E-state index in [-0.39, 0.29) is 0 Å². The predicted octanol–water partition coefficient (Wildman–Crippen LogP) is 10.2. The molecule has 0 aliphatic heterocycles. The van der Waals surface area contributed by atoms with Gasteiger partial charge in [0.25, 0.3) is 0 Å². The Morgan fingerprint density at radius 1 is 0.667 bits per heavy atom. The minimum Gasteiger partial charge on any atom is -0.308 e. The van der Waals surface area contributed by atoms with Gasteiger partial charge in [0.15, 0.2) is 0 Å². The highest BCUT2D eigenvalue weighted by Gasteiger charge is 2.20. The molecule has 0 unspecified atom stereocenters. The first kappa shape index (κ1) is 21.2. The van der Waals surface area contributed by atoms with E-state index in [1.54, 1.807) is 0 Å². The average Bonchev–Trinajstić information content (AvgIpc) is 3.47. The third-order valence-corrected chi connectivity index (χ3v) is 8.46. The van der Waals surface area contributed by atoms with Crippen molar-refractivity contribution < 1.29 is 0 Å². The molecule has 0 fully saturated rings. The van der Waals surface area contributed by atoms with Gasteiger partial charge in [-0.05, 0) is 60.4 Å². The smallest absolute Gasteiger partial charge is 0.0719 e. The summed E-state index contributed by atoms with van der Waals surface area (Å²) in [5, 5.41) is 5.31. The van der Waals surface area contributed by atoms with Crippen LogP contribution in [0.25, 0.3) is 64.9 Å². The lowest BCUT2D eigenvalue weighted by Crippen LogP contribution is -1.94. The molecule has 0 radical (unpaired) electrons. The number of nitrogens with zero attached hydrogens (tertiary/aromatic N) is 1. The first-order valence-corrected chi connectivity index (χ1v) is 13.2. The van der Waals surface area contributed by atoms with Gasteiger partial charge in [-0.25, -0.2) is 0 Å². The van der Waals surface area contributed by atoms with Crippen LogP contribution in [0.1, 0.15) is 18.1 Å². The Labute approximate surface area is 214 Å². The molecule has 36 heavy (non-hydrogen) atoms. The number of thiophene rings is 1. The summed E-state index contributed by atoms with van der Waals surface area (Å²) in [7, 11) is 0. The van der Waals surface area contributed by atoms with Gasteiger partial charge in [0.1, 0.15) is 0 Å². The Bertz CT molecular complexity index is 1930. The van der Waals surface area contributed by atoms with E-state index in [1.807, 2.05) is 11.3 Å². The zero-order valence-corrected chi connectivity index (χ0v) is 21.1.